The van der Waals surface area contributed by atoms with Gasteiger partial charge in [0, 0.05) is 25.2 Å². The van der Waals surface area contributed by atoms with Crippen LogP contribution >= 0.6 is 11.8 Å². The number of carbonyl (C=O) groups is 1. The molecule has 2 aromatic heterocycles. The van der Waals surface area contributed by atoms with Gasteiger partial charge in [-0.3, -0.25) is 18.7 Å². The van der Waals surface area contributed by atoms with Gasteiger partial charge in [0.05, 0.1) is 11.1 Å². The van der Waals surface area contributed by atoms with Crippen LogP contribution in [0.5, 0.6) is 0 Å². The summed E-state index contributed by atoms with van der Waals surface area (Å²) in [5.74, 6) is -0.0356. The standard InChI is InChI=1S/C15H20N4O3S/c1-8(2)5-9-6-17-13-11(12(9)23-7-10(16)20)14(21)19(4)15(22)18(13)3/h6,8H,5,7H2,1-4H3,(H2,16,20). The van der Waals surface area contributed by atoms with Crippen molar-refractivity contribution in [2.75, 3.05) is 5.75 Å². The number of carbonyl (C=O) groups excluding carboxylic acids is 1. The number of aromatic nitrogens is 3. The summed E-state index contributed by atoms with van der Waals surface area (Å²) >= 11 is 1.22. The molecule has 0 aromatic carbocycles. The Morgan fingerprint density at radius 1 is 1.30 bits per heavy atom. The summed E-state index contributed by atoms with van der Waals surface area (Å²) in [6.45, 7) is 4.12. The van der Waals surface area contributed by atoms with Gasteiger partial charge in [0.1, 0.15) is 5.65 Å². The van der Waals surface area contributed by atoms with Gasteiger partial charge in [0.25, 0.3) is 5.56 Å². The van der Waals surface area contributed by atoms with Gasteiger partial charge in [0.2, 0.25) is 5.91 Å². The smallest absolute Gasteiger partial charge is 0.332 e. The van der Waals surface area contributed by atoms with E-state index >= 15 is 0 Å². The van der Waals surface area contributed by atoms with Gasteiger partial charge in [0.15, 0.2) is 0 Å². The van der Waals surface area contributed by atoms with E-state index in [2.05, 4.69) is 18.8 Å². The summed E-state index contributed by atoms with van der Waals surface area (Å²) < 4.78 is 2.39. The Hall–Kier alpha value is -2.09. The van der Waals surface area contributed by atoms with Crippen LogP contribution in [0.2, 0.25) is 0 Å². The third kappa shape index (κ3) is 3.31. The first-order valence-electron chi connectivity index (χ1n) is 7.22. The topological polar surface area (TPSA) is 100.0 Å². The molecule has 0 aliphatic rings. The van der Waals surface area contributed by atoms with Crippen molar-refractivity contribution in [3.63, 3.8) is 0 Å². The second-order valence-electron chi connectivity index (χ2n) is 5.87. The fourth-order valence-corrected chi connectivity index (χ4v) is 3.37. The Morgan fingerprint density at radius 3 is 2.52 bits per heavy atom. The number of pyridine rings is 1. The molecule has 0 aliphatic carbocycles. The van der Waals surface area contributed by atoms with Gasteiger partial charge in [-0.15, -0.1) is 11.8 Å². The van der Waals surface area contributed by atoms with E-state index in [1.54, 1.807) is 13.2 Å². The third-order valence-corrected chi connectivity index (χ3v) is 4.67. The summed E-state index contributed by atoms with van der Waals surface area (Å²) in [5.41, 5.74) is 5.60. The monoisotopic (exact) mass is 336 g/mol. The molecule has 0 atom stereocenters. The Labute approximate surface area is 137 Å². The number of amides is 1. The van der Waals surface area contributed by atoms with Crippen LogP contribution in [0.25, 0.3) is 11.0 Å². The van der Waals surface area contributed by atoms with Crippen LogP contribution in [0.4, 0.5) is 0 Å². The van der Waals surface area contributed by atoms with Crippen molar-refractivity contribution in [1.29, 1.82) is 0 Å². The first kappa shape index (κ1) is 17.3. The first-order chi connectivity index (χ1) is 10.7. The average Bonchev–Trinajstić information content (AvgIpc) is 2.48. The zero-order valence-corrected chi connectivity index (χ0v) is 14.4. The summed E-state index contributed by atoms with van der Waals surface area (Å²) in [4.78, 5) is 40.8. The number of nitrogens with zero attached hydrogens (tertiary/aromatic N) is 3. The van der Waals surface area contributed by atoms with Gasteiger partial charge < -0.3 is 5.73 Å². The Bertz CT molecular complexity index is 883. The number of hydrogen-bond donors (Lipinski definition) is 1. The first-order valence-corrected chi connectivity index (χ1v) is 8.21. The molecule has 124 valence electrons. The van der Waals surface area contributed by atoms with Gasteiger partial charge in [-0.25, -0.2) is 9.78 Å². The summed E-state index contributed by atoms with van der Waals surface area (Å²) in [7, 11) is 3.00. The molecule has 0 unspecified atom stereocenters. The van der Waals surface area contributed by atoms with Crippen molar-refractivity contribution in [3.05, 3.63) is 32.6 Å². The summed E-state index contributed by atoms with van der Waals surface area (Å²) in [5, 5.41) is 0.360. The molecule has 2 rings (SSSR count). The van der Waals surface area contributed by atoms with Crippen LogP contribution in [0.15, 0.2) is 20.7 Å². The van der Waals surface area contributed by atoms with Crippen LogP contribution < -0.4 is 17.0 Å². The van der Waals surface area contributed by atoms with Crippen LogP contribution in [0.3, 0.4) is 0 Å². The van der Waals surface area contributed by atoms with Crippen molar-refractivity contribution in [2.45, 2.75) is 25.2 Å². The number of aryl methyl sites for hydroxylation is 1. The molecular weight excluding hydrogens is 316 g/mol. The number of nitrogens with two attached hydrogens (primary N) is 1. The van der Waals surface area contributed by atoms with E-state index in [0.717, 1.165) is 16.6 Å². The molecule has 8 heteroatoms. The van der Waals surface area contributed by atoms with Crippen molar-refractivity contribution in [2.24, 2.45) is 25.7 Å². The molecule has 2 N–H and O–H groups in total. The fraction of sp³-hybridized carbons (Fsp3) is 0.467. The number of fused-ring (bicyclic) bond motifs is 1. The van der Waals surface area contributed by atoms with Crippen molar-refractivity contribution >= 4 is 28.7 Å². The third-order valence-electron chi connectivity index (χ3n) is 3.48. The highest BCUT2D eigenvalue weighted by molar-refractivity contribution is 8.00. The lowest BCUT2D eigenvalue weighted by Crippen LogP contribution is -2.37. The maximum atomic E-state index is 12.6. The van der Waals surface area contributed by atoms with E-state index in [1.807, 2.05) is 0 Å². The van der Waals surface area contributed by atoms with Crippen LogP contribution in [-0.4, -0.2) is 25.8 Å². The lowest BCUT2D eigenvalue weighted by Gasteiger charge is -2.15. The van der Waals surface area contributed by atoms with Crippen LogP contribution in [0, 0.1) is 5.92 Å². The normalized spacial score (nSPS) is 11.3. The largest absolute Gasteiger partial charge is 0.369 e. The SMILES string of the molecule is CC(C)Cc1cnc2c(c1SCC(N)=O)c(=O)n(C)c(=O)n2C. The number of thioether (sulfide) groups is 1. The molecule has 7 nitrogen and oxygen atoms in total. The minimum absolute atomic E-state index is 0.0657. The highest BCUT2D eigenvalue weighted by atomic mass is 32.2. The van der Waals surface area contributed by atoms with E-state index < -0.39 is 17.2 Å². The summed E-state index contributed by atoms with van der Waals surface area (Å²) in [6.07, 6.45) is 2.39. The van der Waals surface area contributed by atoms with Crippen molar-refractivity contribution in [3.8, 4) is 0 Å². The van der Waals surface area contributed by atoms with Crippen molar-refractivity contribution < 1.29 is 4.79 Å². The van der Waals surface area contributed by atoms with E-state index in [9.17, 15) is 14.4 Å². The van der Waals surface area contributed by atoms with Crippen LogP contribution in [0.1, 0.15) is 19.4 Å². The van der Waals surface area contributed by atoms with E-state index in [4.69, 9.17) is 5.73 Å². The zero-order chi connectivity index (χ0) is 17.3. The second kappa shape index (κ2) is 6.57. The lowest BCUT2D eigenvalue weighted by atomic mass is 10.0. The fourth-order valence-electron chi connectivity index (χ4n) is 2.43. The number of primary amides is 1. The summed E-state index contributed by atoms with van der Waals surface area (Å²) in [6, 6.07) is 0. The molecule has 2 heterocycles. The molecule has 0 radical (unpaired) electrons. The van der Waals surface area contributed by atoms with Gasteiger partial charge in [-0.05, 0) is 17.9 Å². The molecule has 0 fully saturated rings. The van der Waals surface area contributed by atoms with Gasteiger partial charge in [-0.1, -0.05) is 13.8 Å². The Balaban J connectivity index is 2.84. The second-order valence-corrected chi connectivity index (χ2v) is 6.86. The maximum absolute atomic E-state index is 12.6. The predicted molar refractivity (Wildman–Crippen MR) is 90.7 cm³/mol. The van der Waals surface area contributed by atoms with E-state index in [1.165, 1.54) is 23.4 Å². The van der Waals surface area contributed by atoms with E-state index in [-0.39, 0.29) is 5.75 Å². The molecule has 0 saturated carbocycles. The average molecular weight is 336 g/mol. The Morgan fingerprint density at radius 2 is 1.96 bits per heavy atom. The van der Waals surface area contributed by atoms with Crippen LogP contribution in [-0.2, 0) is 25.3 Å². The van der Waals surface area contributed by atoms with Gasteiger partial charge >= 0.3 is 5.69 Å². The van der Waals surface area contributed by atoms with E-state index in [0.29, 0.717) is 21.8 Å². The van der Waals surface area contributed by atoms with Gasteiger partial charge in [-0.2, -0.15) is 0 Å². The minimum Gasteiger partial charge on any atom is -0.369 e. The molecule has 0 aliphatic heterocycles. The minimum atomic E-state index is -0.461. The number of rotatable bonds is 5. The zero-order valence-electron chi connectivity index (χ0n) is 13.6. The molecule has 0 bridgehead atoms. The molecule has 0 saturated heterocycles. The van der Waals surface area contributed by atoms with Crippen molar-refractivity contribution in [1.82, 2.24) is 14.1 Å². The predicted octanol–water partition coefficient (Wildman–Crippen LogP) is 0.408. The quantitative estimate of drug-likeness (QED) is 0.797. The number of hydrogen-bond acceptors (Lipinski definition) is 5. The molecule has 1 amide bonds. The highest BCUT2D eigenvalue weighted by Crippen LogP contribution is 2.29. The highest BCUT2D eigenvalue weighted by Gasteiger charge is 2.18. The molecule has 2 aromatic rings. The maximum Gasteiger partial charge on any atom is 0.332 e. The molecule has 23 heavy (non-hydrogen) atoms. The molecule has 0 spiro atoms. The lowest BCUT2D eigenvalue weighted by molar-refractivity contribution is -0.115. The Kier molecular flexibility index (Phi) is 4.93. The molecular formula is C15H20N4O3S.